The van der Waals surface area contributed by atoms with Crippen molar-refractivity contribution in [2.75, 3.05) is 11.9 Å². The Bertz CT molecular complexity index is 837. The number of hydrogen-bond acceptors (Lipinski definition) is 3. The minimum atomic E-state index is -0.192. The minimum absolute atomic E-state index is 0.175. The fraction of sp³-hybridized carbons (Fsp3) is 0.111. The first-order chi connectivity index (χ1) is 11.2. The van der Waals surface area contributed by atoms with E-state index in [-0.39, 0.29) is 12.5 Å². The molecule has 0 saturated carbocycles. The Hall–Kier alpha value is -3.08. The van der Waals surface area contributed by atoms with Crippen LogP contribution in [0.15, 0.2) is 59.7 Å². The normalized spacial score (nSPS) is 11.0. The number of benzene rings is 2. The highest BCUT2D eigenvalue weighted by atomic mass is 16.2. The molecule has 0 saturated heterocycles. The lowest BCUT2D eigenvalue weighted by Gasteiger charge is -2.04. The summed E-state index contributed by atoms with van der Waals surface area (Å²) in [6, 6.07) is 17.6. The number of rotatable bonds is 5. The number of nitrogens with zero attached hydrogens (tertiary/aromatic N) is 1. The first-order valence-electron chi connectivity index (χ1n) is 7.42. The fourth-order valence-corrected chi connectivity index (χ4v) is 2.41. The molecule has 0 unspecified atom stereocenters. The maximum Gasteiger partial charge on any atom is 0.259 e. The molecule has 0 atom stereocenters. The van der Waals surface area contributed by atoms with Gasteiger partial charge >= 0.3 is 0 Å². The molecule has 0 spiro atoms. The van der Waals surface area contributed by atoms with Gasteiger partial charge in [0.1, 0.15) is 0 Å². The Morgan fingerprint density at radius 3 is 2.70 bits per heavy atom. The number of para-hydroxylation sites is 2. The van der Waals surface area contributed by atoms with Crippen LogP contribution in [0.25, 0.3) is 10.9 Å². The monoisotopic (exact) mass is 306 g/mol. The summed E-state index contributed by atoms with van der Waals surface area (Å²) in [7, 11) is 0. The zero-order valence-corrected chi connectivity index (χ0v) is 12.8. The summed E-state index contributed by atoms with van der Waals surface area (Å²) in [6.45, 7) is 2.16. The second-order valence-electron chi connectivity index (χ2n) is 5.22. The predicted octanol–water partition coefficient (Wildman–Crippen LogP) is 3.04. The van der Waals surface area contributed by atoms with Crippen LogP contribution in [-0.4, -0.2) is 23.7 Å². The van der Waals surface area contributed by atoms with Crippen molar-refractivity contribution in [2.24, 2.45) is 5.10 Å². The quantitative estimate of drug-likeness (QED) is 0.501. The van der Waals surface area contributed by atoms with Crippen molar-refractivity contribution < 1.29 is 4.79 Å². The standard InChI is InChI=1S/C18H18N4O/c1-13-16(15-9-5-6-10-17(15)21-13)11-20-22-18(23)12-19-14-7-3-2-4-8-14/h2-11,19,21H,12H2,1H3,(H,22,23)/b20-11+. The van der Waals surface area contributed by atoms with Gasteiger partial charge in [0.2, 0.25) is 0 Å². The van der Waals surface area contributed by atoms with Crippen LogP contribution in [0.1, 0.15) is 11.3 Å². The van der Waals surface area contributed by atoms with Gasteiger partial charge in [0, 0.05) is 27.8 Å². The van der Waals surface area contributed by atoms with E-state index in [1.165, 1.54) is 0 Å². The van der Waals surface area contributed by atoms with Gasteiger partial charge in [0.05, 0.1) is 12.8 Å². The molecule has 5 nitrogen and oxygen atoms in total. The van der Waals surface area contributed by atoms with Gasteiger partial charge in [0.15, 0.2) is 0 Å². The minimum Gasteiger partial charge on any atom is -0.376 e. The molecule has 1 heterocycles. The summed E-state index contributed by atoms with van der Waals surface area (Å²) >= 11 is 0. The number of fused-ring (bicyclic) bond motifs is 1. The molecule has 0 aliphatic heterocycles. The highest BCUT2D eigenvalue weighted by Gasteiger charge is 2.05. The second-order valence-corrected chi connectivity index (χ2v) is 5.22. The van der Waals surface area contributed by atoms with Crippen molar-refractivity contribution >= 4 is 28.7 Å². The molecule has 3 aromatic rings. The summed E-state index contributed by atoms with van der Waals surface area (Å²) in [5, 5.41) is 8.18. The smallest absolute Gasteiger partial charge is 0.259 e. The lowest BCUT2D eigenvalue weighted by Crippen LogP contribution is -2.25. The number of carbonyl (C=O) groups excluding carboxylic acids is 1. The average Bonchev–Trinajstić information content (AvgIpc) is 2.90. The van der Waals surface area contributed by atoms with Crippen molar-refractivity contribution in [1.29, 1.82) is 0 Å². The Kier molecular flexibility index (Phi) is 4.38. The van der Waals surface area contributed by atoms with Gasteiger partial charge in [-0.15, -0.1) is 0 Å². The Morgan fingerprint density at radius 2 is 1.87 bits per heavy atom. The average molecular weight is 306 g/mol. The Balaban J connectivity index is 1.60. The topological polar surface area (TPSA) is 69.3 Å². The van der Waals surface area contributed by atoms with Crippen LogP contribution < -0.4 is 10.7 Å². The van der Waals surface area contributed by atoms with Crippen LogP contribution in [0.5, 0.6) is 0 Å². The summed E-state index contributed by atoms with van der Waals surface area (Å²) in [5.41, 5.74) is 6.50. The zero-order valence-electron chi connectivity index (χ0n) is 12.8. The van der Waals surface area contributed by atoms with E-state index in [0.717, 1.165) is 27.8 Å². The van der Waals surface area contributed by atoms with Gasteiger partial charge in [-0.1, -0.05) is 36.4 Å². The lowest BCUT2D eigenvalue weighted by atomic mass is 10.1. The van der Waals surface area contributed by atoms with Crippen molar-refractivity contribution in [3.63, 3.8) is 0 Å². The van der Waals surface area contributed by atoms with Crippen molar-refractivity contribution in [3.05, 3.63) is 65.9 Å². The Morgan fingerprint density at radius 1 is 1.13 bits per heavy atom. The van der Waals surface area contributed by atoms with Gasteiger partial charge in [-0.25, -0.2) is 5.43 Å². The van der Waals surface area contributed by atoms with Crippen LogP contribution in [0, 0.1) is 6.92 Å². The van der Waals surface area contributed by atoms with Crippen LogP contribution in [-0.2, 0) is 4.79 Å². The number of hydrogen-bond donors (Lipinski definition) is 3. The summed E-state index contributed by atoms with van der Waals surface area (Å²) < 4.78 is 0. The van der Waals surface area contributed by atoms with Crippen LogP contribution in [0.2, 0.25) is 0 Å². The number of anilines is 1. The molecule has 23 heavy (non-hydrogen) atoms. The number of amides is 1. The van der Waals surface area contributed by atoms with Crippen LogP contribution in [0.3, 0.4) is 0 Å². The van der Waals surface area contributed by atoms with E-state index >= 15 is 0 Å². The van der Waals surface area contributed by atoms with Gasteiger partial charge in [-0.3, -0.25) is 4.79 Å². The third kappa shape index (κ3) is 3.58. The number of H-pyrrole nitrogens is 1. The fourth-order valence-electron chi connectivity index (χ4n) is 2.41. The number of aromatic nitrogens is 1. The van der Waals surface area contributed by atoms with Gasteiger partial charge < -0.3 is 10.3 Å². The van der Waals surface area contributed by atoms with Crippen LogP contribution in [0.4, 0.5) is 5.69 Å². The summed E-state index contributed by atoms with van der Waals surface area (Å²) in [4.78, 5) is 15.1. The van der Waals surface area contributed by atoms with Gasteiger partial charge in [-0.2, -0.15) is 5.10 Å². The van der Waals surface area contributed by atoms with E-state index in [4.69, 9.17) is 0 Å². The third-order valence-electron chi connectivity index (χ3n) is 3.55. The molecule has 0 fully saturated rings. The number of aromatic amines is 1. The van der Waals surface area contributed by atoms with E-state index < -0.39 is 0 Å². The highest BCUT2D eigenvalue weighted by molar-refractivity contribution is 6.00. The maximum absolute atomic E-state index is 11.8. The molecule has 0 aliphatic carbocycles. The zero-order chi connectivity index (χ0) is 16.1. The van der Waals surface area contributed by atoms with Crippen molar-refractivity contribution in [3.8, 4) is 0 Å². The van der Waals surface area contributed by atoms with Gasteiger partial charge in [-0.05, 0) is 25.1 Å². The SMILES string of the molecule is Cc1[nH]c2ccccc2c1/C=N/NC(=O)CNc1ccccc1. The summed E-state index contributed by atoms with van der Waals surface area (Å²) in [5.74, 6) is -0.192. The third-order valence-corrected chi connectivity index (χ3v) is 3.55. The lowest BCUT2D eigenvalue weighted by molar-refractivity contribution is -0.119. The molecule has 1 aromatic heterocycles. The van der Waals surface area contributed by atoms with Crippen LogP contribution >= 0.6 is 0 Å². The molecule has 0 radical (unpaired) electrons. The maximum atomic E-state index is 11.8. The highest BCUT2D eigenvalue weighted by Crippen LogP contribution is 2.19. The Labute approximate surface area is 134 Å². The molecular weight excluding hydrogens is 288 g/mol. The number of aryl methyl sites for hydroxylation is 1. The van der Waals surface area contributed by atoms with E-state index in [9.17, 15) is 4.79 Å². The molecule has 116 valence electrons. The number of carbonyl (C=O) groups is 1. The van der Waals surface area contributed by atoms with E-state index in [1.807, 2.05) is 61.5 Å². The molecule has 1 amide bonds. The molecular formula is C18H18N4O. The number of nitrogens with one attached hydrogen (secondary N) is 3. The predicted molar refractivity (Wildman–Crippen MR) is 93.7 cm³/mol. The second kappa shape index (κ2) is 6.79. The van der Waals surface area contributed by atoms with E-state index in [2.05, 4.69) is 20.8 Å². The van der Waals surface area contributed by atoms with Crippen molar-refractivity contribution in [2.45, 2.75) is 6.92 Å². The van der Waals surface area contributed by atoms with Crippen molar-refractivity contribution in [1.82, 2.24) is 10.4 Å². The summed E-state index contributed by atoms with van der Waals surface area (Å²) in [6.07, 6.45) is 1.68. The first-order valence-corrected chi connectivity index (χ1v) is 7.42. The molecule has 0 bridgehead atoms. The van der Waals surface area contributed by atoms with Gasteiger partial charge in [0.25, 0.3) is 5.91 Å². The first kappa shape index (κ1) is 14.8. The number of hydrazone groups is 1. The molecule has 5 heteroatoms. The van der Waals surface area contributed by atoms with E-state index in [1.54, 1.807) is 6.21 Å². The largest absolute Gasteiger partial charge is 0.376 e. The van der Waals surface area contributed by atoms with E-state index in [0.29, 0.717) is 0 Å². The molecule has 0 aliphatic rings. The molecule has 3 N–H and O–H groups in total. The molecule has 3 rings (SSSR count). The molecule has 2 aromatic carbocycles.